The lowest BCUT2D eigenvalue weighted by atomic mass is 10.3. The van der Waals surface area contributed by atoms with E-state index in [-0.39, 0.29) is 0 Å². The quantitative estimate of drug-likeness (QED) is 0.838. The van der Waals surface area contributed by atoms with Crippen LogP contribution >= 0.6 is 11.3 Å². The minimum absolute atomic E-state index is 0.433. The lowest BCUT2D eigenvalue weighted by Gasteiger charge is -2.05. The van der Waals surface area contributed by atoms with Gasteiger partial charge in [0.05, 0.1) is 0 Å². The van der Waals surface area contributed by atoms with Crippen LogP contribution in [0.2, 0.25) is 0 Å². The van der Waals surface area contributed by atoms with Crippen LogP contribution in [0.15, 0.2) is 35.2 Å². The summed E-state index contributed by atoms with van der Waals surface area (Å²) in [5, 5.41) is 4.07. The Morgan fingerprint density at radius 1 is 1.43 bits per heavy atom. The molecule has 0 unspecified atom stereocenters. The zero-order valence-corrected chi connectivity index (χ0v) is 8.33. The molecule has 14 heavy (non-hydrogen) atoms. The van der Waals surface area contributed by atoms with Gasteiger partial charge in [-0.05, 0) is 34.5 Å². The Labute approximate surface area is 86.2 Å². The molecule has 0 spiro atoms. The highest BCUT2D eigenvalue weighted by Gasteiger charge is 2.00. The number of pyridine rings is 1. The van der Waals surface area contributed by atoms with Crippen LogP contribution in [0, 0.1) is 0 Å². The van der Waals surface area contributed by atoms with Gasteiger partial charge < -0.3 is 10.5 Å². The van der Waals surface area contributed by atoms with Gasteiger partial charge in [-0.1, -0.05) is 0 Å². The lowest BCUT2D eigenvalue weighted by molar-refractivity contribution is 0.307. The van der Waals surface area contributed by atoms with Crippen molar-refractivity contribution in [1.82, 2.24) is 4.98 Å². The number of hydrogen-bond donors (Lipinski definition) is 1. The fourth-order valence-corrected chi connectivity index (χ4v) is 1.71. The average Bonchev–Trinajstić information content (AvgIpc) is 2.69. The van der Waals surface area contributed by atoms with E-state index in [1.54, 1.807) is 23.6 Å². The van der Waals surface area contributed by atoms with Crippen LogP contribution in [0.4, 0.5) is 5.82 Å². The first kappa shape index (κ1) is 9.02. The number of nitrogen functional groups attached to an aromatic ring is 1. The Morgan fingerprint density at radius 3 is 3.07 bits per heavy atom. The number of anilines is 1. The molecular weight excluding hydrogens is 196 g/mol. The van der Waals surface area contributed by atoms with Gasteiger partial charge >= 0.3 is 0 Å². The second kappa shape index (κ2) is 4.11. The Kier molecular flexibility index (Phi) is 2.65. The third kappa shape index (κ3) is 2.03. The molecule has 0 saturated carbocycles. The van der Waals surface area contributed by atoms with E-state index >= 15 is 0 Å². The van der Waals surface area contributed by atoms with Gasteiger partial charge in [0, 0.05) is 6.20 Å². The monoisotopic (exact) mass is 206 g/mol. The first-order chi connectivity index (χ1) is 6.86. The minimum atomic E-state index is 0.433. The van der Waals surface area contributed by atoms with Crippen LogP contribution in [-0.4, -0.2) is 4.98 Å². The van der Waals surface area contributed by atoms with E-state index in [1.807, 2.05) is 22.9 Å². The normalized spacial score (nSPS) is 10.0. The van der Waals surface area contributed by atoms with E-state index < -0.39 is 0 Å². The molecule has 2 rings (SSSR count). The van der Waals surface area contributed by atoms with Crippen molar-refractivity contribution in [3.8, 4) is 5.75 Å². The summed E-state index contributed by atoms with van der Waals surface area (Å²) in [6.45, 7) is 0.541. The van der Waals surface area contributed by atoms with Crippen molar-refractivity contribution in [2.75, 3.05) is 5.73 Å². The Morgan fingerprint density at radius 2 is 2.36 bits per heavy atom. The maximum Gasteiger partial charge on any atom is 0.166 e. The minimum Gasteiger partial charge on any atom is -0.485 e. The van der Waals surface area contributed by atoms with E-state index in [4.69, 9.17) is 10.5 Å². The summed E-state index contributed by atoms with van der Waals surface area (Å²) in [4.78, 5) is 3.93. The van der Waals surface area contributed by atoms with Crippen LogP contribution in [0.25, 0.3) is 0 Å². The molecule has 72 valence electrons. The summed E-state index contributed by atoms with van der Waals surface area (Å²) < 4.78 is 5.50. The molecule has 0 aliphatic rings. The zero-order chi connectivity index (χ0) is 9.80. The fourth-order valence-electron chi connectivity index (χ4n) is 1.06. The summed E-state index contributed by atoms with van der Waals surface area (Å²) in [6, 6.07) is 5.64. The molecule has 0 saturated heterocycles. The largest absolute Gasteiger partial charge is 0.485 e. The molecule has 0 radical (unpaired) electrons. The van der Waals surface area contributed by atoms with Crippen molar-refractivity contribution in [3.05, 3.63) is 40.7 Å². The maximum absolute atomic E-state index is 5.63. The van der Waals surface area contributed by atoms with E-state index in [1.165, 1.54) is 0 Å². The Bertz CT molecular complexity index is 400. The first-order valence-electron chi connectivity index (χ1n) is 4.20. The number of nitrogens with two attached hydrogens (primary N) is 1. The van der Waals surface area contributed by atoms with Gasteiger partial charge in [0.15, 0.2) is 11.6 Å². The second-order valence-electron chi connectivity index (χ2n) is 2.81. The maximum atomic E-state index is 5.63. The SMILES string of the molecule is Nc1ncccc1OCc1ccsc1. The number of nitrogens with zero attached hydrogens (tertiary/aromatic N) is 1. The number of aromatic nitrogens is 1. The lowest BCUT2D eigenvalue weighted by Crippen LogP contribution is -1.98. The standard InChI is InChI=1S/C10H10N2OS/c11-10-9(2-1-4-12-10)13-6-8-3-5-14-7-8/h1-5,7H,6H2,(H2,11,12). The summed E-state index contributed by atoms with van der Waals surface area (Å²) in [5.41, 5.74) is 6.78. The number of ether oxygens (including phenoxy) is 1. The van der Waals surface area contributed by atoms with Crippen molar-refractivity contribution in [3.63, 3.8) is 0 Å². The molecule has 2 heterocycles. The third-order valence-electron chi connectivity index (χ3n) is 1.77. The van der Waals surface area contributed by atoms with Crippen molar-refractivity contribution < 1.29 is 4.74 Å². The molecule has 2 N–H and O–H groups in total. The molecule has 2 aromatic heterocycles. The molecule has 0 atom stereocenters. The summed E-state index contributed by atoms with van der Waals surface area (Å²) in [6.07, 6.45) is 1.65. The van der Waals surface area contributed by atoms with Crippen LogP contribution in [0.3, 0.4) is 0 Å². The van der Waals surface area contributed by atoms with Crippen molar-refractivity contribution in [2.45, 2.75) is 6.61 Å². The molecule has 0 fully saturated rings. The molecule has 2 aromatic rings. The van der Waals surface area contributed by atoms with Gasteiger partial charge in [-0.2, -0.15) is 11.3 Å². The van der Waals surface area contributed by atoms with Gasteiger partial charge in [0.2, 0.25) is 0 Å². The van der Waals surface area contributed by atoms with Gasteiger partial charge in [-0.25, -0.2) is 4.98 Å². The highest BCUT2D eigenvalue weighted by atomic mass is 32.1. The number of thiophene rings is 1. The Balaban J connectivity index is 2.02. The molecule has 3 nitrogen and oxygen atoms in total. The van der Waals surface area contributed by atoms with E-state index in [2.05, 4.69) is 4.98 Å². The fraction of sp³-hybridized carbons (Fsp3) is 0.100. The zero-order valence-electron chi connectivity index (χ0n) is 7.51. The molecule has 0 aliphatic heterocycles. The van der Waals surface area contributed by atoms with Gasteiger partial charge in [-0.3, -0.25) is 0 Å². The van der Waals surface area contributed by atoms with Crippen LogP contribution in [0.1, 0.15) is 5.56 Å². The molecule has 0 aliphatic carbocycles. The predicted octanol–water partition coefficient (Wildman–Crippen LogP) is 2.30. The molecule has 0 amide bonds. The molecule has 0 bridgehead atoms. The van der Waals surface area contributed by atoms with E-state index in [0.29, 0.717) is 18.2 Å². The first-order valence-corrected chi connectivity index (χ1v) is 5.15. The third-order valence-corrected chi connectivity index (χ3v) is 2.51. The summed E-state index contributed by atoms with van der Waals surface area (Å²) in [7, 11) is 0. The smallest absolute Gasteiger partial charge is 0.166 e. The van der Waals surface area contributed by atoms with Gasteiger partial charge in [-0.15, -0.1) is 0 Å². The summed E-state index contributed by atoms with van der Waals surface area (Å²) >= 11 is 1.65. The second-order valence-corrected chi connectivity index (χ2v) is 3.59. The topological polar surface area (TPSA) is 48.1 Å². The predicted molar refractivity (Wildman–Crippen MR) is 57.3 cm³/mol. The van der Waals surface area contributed by atoms with Crippen molar-refractivity contribution in [2.24, 2.45) is 0 Å². The van der Waals surface area contributed by atoms with Crippen molar-refractivity contribution in [1.29, 1.82) is 0 Å². The highest BCUT2D eigenvalue weighted by molar-refractivity contribution is 7.07. The molecule has 0 aromatic carbocycles. The summed E-state index contributed by atoms with van der Waals surface area (Å²) in [5.74, 6) is 1.07. The van der Waals surface area contributed by atoms with E-state index in [9.17, 15) is 0 Å². The van der Waals surface area contributed by atoms with Gasteiger partial charge in [0.25, 0.3) is 0 Å². The Hall–Kier alpha value is -1.55. The number of hydrogen-bond acceptors (Lipinski definition) is 4. The molecule has 4 heteroatoms. The highest BCUT2D eigenvalue weighted by Crippen LogP contribution is 2.18. The van der Waals surface area contributed by atoms with Gasteiger partial charge in [0.1, 0.15) is 6.61 Å². The van der Waals surface area contributed by atoms with Crippen LogP contribution < -0.4 is 10.5 Å². The van der Waals surface area contributed by atoms with Crippen molar-refractivity contribution >= 4 is 17.2 Å². The van der Waals surface area contributed by atoms with E-state index in [0.717, 1.165) is 5.56 Å². The van der Waals surface area contributed by atoms with Crippen LogP contribution in [-0.2, 0) is 6.61 Å². The van der Waals surface area contributed by atoms with Crippen LogP contribution in [0.5, 0.6) is 5.75 Å². The number of rotatable bonds is 3. The average molecular weight is 206 g/mol. The molecular formula is C10H10N2OS.